The van der Waals surface area contributed by atoms with Gasteiger partial charge in [0.15, 0.2) is 17.5 Å². The molecule has 0 N–H and O–H groups in total. The number of benzene rings is 8. The van der Waals surface area contributed by atoms with Gasteiger partial charge in [0.2, 0.25) is 0 Å². The second kappa shape index (κ2) is 14.3. The van der Waals surface area contributed by atoms with Gasteiger partial charge in [0, 0.05) is 50.2 Å². The second-order valence-corrected chi connectivity index (χ2v) is 13.7. The van der Waals surface area contributed by atoms with E-state index in [1.165, 1.54) is 21.9 Å². The topological polar surface area (TPSA) is 46.8 Å². The third-order valence-electron chi connectivity index (χ3n) is 10.2. The summed E-state index contributed by atoms with van der Waals surface area (Å²) in [5.74, 6) is 1.93. The van der Waals surface area contributed by atoms with Crippen LogP contribution in [0.5, 0.6) is 0 Å². The summed E-state index contributed by atoms with van der Waals surface area (Å²) in [7, 11) is 0. The lowest BCUT2D eigenvalue weighted by Gasteiger charge is -2.26. The first-order valence-electron chi connectivity index (χ1n) is 18.8. The predicted molar refractivity (Wildman–Crippen MR) is 231 cm³/mol. The van der Waals surface area contributed by atoms with Crippen molar-refractivity contribution in [1.82, 2.24) is 19.5 Å². The van der Waals surface area contributed by atoms with Gasteiger partial charge in [-0.15, -0.1) is 0 Å². The molecular formula is C51H35N5. The van der Waals surface area contributed by atoms with Crippen molar-refractivity contribution in [3.8, 4) is 51.0 Å². The molecule has 0 aliphatic carbocycles. The largest absolute Gasteiger partial charge is 0.310 e. The van der Waals surface area contributed by atoms with Crippen molar-refractivity contribution >= 4 is 38.9 Å². The fourth-order valence-corrected chi connectivity index (χ4v) is 7.53. The van der Waals surface area contributed by atoms with Crippen LogP contribution in [0.4, 0.5) is 17.1 Å². The van der Waals surface area contributed by atoms with Crippen molar-refractivity contribution in [3.05, 3.63) is 212 Å². The lowest BCUT2D eigenvalue weighted by molar-refractivity contribution is 1.07. The fraction of sp³-hybridized carbons (Fsp3) is 0. The monoisotopic (exact) mass is 717 g/mol. The van der Waals surface area contributed by atoms with E-state index in [-0.39, 0.29) is 0 Å². The molecule has 2 heterocycles. The Balaban J connectivity index is 1.06. The molecule has 5 nitrogen and oxygen atoms in total. The van der Waals surface area contributed by atoms with Crippen molar-refractivity contribution in [2.75, 3.05) is 4.90 Å². The summed E-state index contributed by atoms with van der Waals surface area (Å²) in [6.45, 7) is 0. The zero-order valence-electron chi connectivity index (χ0n) is 30.4. The number of anilines is 3. The smallest absolute Gasteiger partial charge is 0.164 e. The van der Waals surface area contributed by atoms with E-state index in [2.05, 4.69) is 161 Å². The first-order chi connectivity index (χ1) is 27.8. The third kappa shape index (κ3) is 6.17. The van der Waals surface area contributed by atoms with Gasteiger partial charge in [-0.2, -0.15) is 0 Å². The highest BCUT2D eigenvalue weighted by molar-refractivity contribution is 6.10. The Hall–Kier alpha value is -7.63. The maximum absolute atomic E-state index is 4.95. The van der Waals surface area contributed by atoms with Crippen LogP contribution in [0.2, 0.25) is 0 Å². The first kappa shape index (κ1) is 33.0. The third-order valence-corrected chi connectivity index (χ3v) is 10.2. The summed E-state index contributed by atoms with van der Waals surface area (Å²) in [5, 5.41) is 2.37. The molecule has 0 spiro atoms. The molecular weight excluding hydrogens is 683 g/mol. The number of hydrogen-bond donors (Lipinski definition) is 0. The second-order valence-electron chi connectivity index (χ2n) is 13.7. The van der Waals surface area contributed by atoms with Gasteiger partial charge in [-0.3, -0.25) is 0 Å². The summed E-state index contributed by atoms with van der Waals surface area (Å²) >= 11 is 0. The van der Waals surface area contributed by atoms with Crippen molar-refractivity contribution in [2.24, 2.45) is 0 Å². The van der Waals surface area contributed by atoms with Gasteiger partial charge >= 0.3 is 0 Å². The summed E-state index contributed by atoms with van der Waals surface area (Å²) in [6.07, 6.45) is 0. The van der Waals surface area contributed by atoms with E-state index in [9.17, 15) is 0 Å². The molecule has 10 aromatic rings. The molecule has 0 aliphatic heterocycles. The lowest BCUT2D eigenvalue weighted by Crippen LogP contribution is -2.09. The van der Waals surface area contributed by atoms with Crippen LogP contribution < -0.4 is 4.90 Å². The van der Waals surface area contributed by atoms with Crippen LogP contribution in [-0.4, -0.2) is 19.5 Å². The van der Waals surface area contributed by atoms with Crippen LogP contribution in [0.3, 0.4) is 0 Å². The highest BCUT2D eigenvalue weighted by Crippen LogP contribution is 2.40. The highest BCUT2D eigenvalue weighted by Gasteiger charge is 2.18. The number of aromatic nitrogens is 4. The van der Waals surface area contributed by atoms with E-state index < -0.39 is 0 Å². The maximum Gasteiger partial charge on any atom is 0.164 e. The lowest BCUT2D eigenvalue weighted by atomic mass is 10.0. The van der Waals surface area contributed by atoms with Gasteiger partial charge in [-0.05, 0) is 83.9 Å². The average Bonchev–Trinajstić information content (AvgIpc) is 3.61. The minimum absolute atomic E-state index is 0.633. The van der Waals surface area contributed by atoms with Gasteiger partial charge in [-0.25, -0.2) is 15.0 Å². The fourth-order valence-electron chi connectivity index (χ4n) is 7.53. The van der Waals surface area contributed by atoms with Gasteiger partial charge in [0.25, 0.3) is 0 Å². The number of hydrogen-bond acceptors (Lipinski definition) is 4. The Kier molecular flexibility index (Phi) is 8.43. The molecule has 0 bridgehead atoms. The molecule has 10 rings (SSSR count). The highest BCUT2D eigenvalue weighted by atomic mass is 15.1. The summed E-state index contributed by atoms with van der Waals surface area (Å²) in [4.78, 5) is 17.1. The summed E-state index contributed by atoms with van der Waals surface area (Å²) < 4.78 is 2.35. The zero-order chi connectivity index (χ0) is 37.3. The number of rotatable bonds is 8. The van der Waals surface area contributed by atoms with Crippen LogP contribution in [0.15, 0.2) is 212 Å². The predicted octanol–water partition coefficient (Wildman–Crippen LogP) is 13.1. The molecule has 0 amide bonds. The Morgan fingerprint density at radius 3 is 1.30 bits per heavy atom. The zero-order valence-corrected chi connectivity index (χ0v) is 30.4. The molecule has 5 heteroatoms. The van der Waals surface area contributed by atoms with Gasteiger partial charge < -0.3 is 9.47 Å². The number of para-hydroxylation sites is 2. The molecule has 0 saturated carbocycles. The Bertz CT molecular complexity index is 2870. The quantitative estimate of drug-likeness (QED) is 0.157. The van der Waals surface area contributed by atoms with Gasteiger partial charge in [0.1, 0.15) is 0 Å². The van der Waals surface area contributed by atoms with E-state index in [1.54, 1.807) is 0 Å². The summed E-state index contributed by atoms with van der Waals surface area (Å²) in [6, 6.07) is 74.1. The molecule has 0 aliphatic rings. The summed E-state index contributed by atoms with van der Waals surface area (Å²) in [5.41, 5.74) is 11.8. The normalized spacial score (nSPS) is 11.2. The standard InChI is InChI=1S/C51H35N5/c1-5-15-36(16-6-1)37-25-29-42(30-26-37)55(41-21-11-4-12-22-41)44-33-34-48-46(35-44)45-23-13-14-24-47(45)56(48)43-31-27-40(28-32-43)51-53-49(38-17-7-2-8-18-38)52-50(54-51)39-19-9-3-10-20-39/h1-35H. The minimum atomic E-state index is 0.633. The van der Waals surface area contributed by atoms with E-state index in [0.29, 0.717) is 17.5 Å². The Morgan fingerprint density at radius 2 is 0.714 bits per heavy atom. The molecule has 0 unspecified atom stereocenters. The van der Waals surface area contributed by atoms with Crippen LogP contribution in [0.1, 0.15) is 0 Å². The molecule has 264 valence electrons. The van der Waals surface area contributed by atoms with Crippen molar-refractivity contribution in [2.45, 2.75) is 0 Å². The van der Waals surface area contributed by atoms with E-state index >= 15 is 0 Å². The SMILES string of the molecule is c1ccc(-c2ccc(N(c3ccccc3)c3ccc4c(c3)c3ccccc3n4-c3ccc(-c4nc(-c5ccccc5)nc(-c5ccccc5)n4)cc3)cc2)cc1. The van der Waals surface area contributed by atoms with Crippen LogP contribution in [0, 0.1) is 0 Å². The van der Waals surface area contributed by atoms with E-state index in [0.717, 1.165) is 50.5 Å². The van der Waals surface area contributed by atoms with Crippen molar-refractivity contribution in [3.63, 3.8) is 0 Å². The Morgan fingerprint density at radius 1 is 0.304 bits per heavy atom. The van der Waals surface area contributed by atoms with Crippen LogP contribution in [-0.2, 0) is 0 Å². The molecule has 0 radical (unpaired) electrons. The maximum atomic E-state index is 4.95. The van der Waals surface area contributed by atoms with Crippen molar-refractivity contribution < 1.29 is 0 Å². The Labute approximate surface area is 325 Å². The van der Waals surface area contributed by atoms with Gasteiger partial charge in [-0.1, -0.05) is 140 Å². The van der Waals surface area contributed by atoms with Crippen molar-refractivity contribution in [1.29, 1.82) is 0 Å². The van der Waals surface area contributed by atoms with Gasteiger partial charge in [0.05, 0.1) is 11.0 Å². The average molecular weight is 718 g/mol. The molecule has 0 saturated heterocycles. The first-order valence-corrected chi connectivity index (χ1v) is 18.8. The van der Waals surface area contributed by atoms with E-state index in [1.807, 2.05) is 60.7 Å². The molecule has 0 fully saturated rings. The molecule has 8 aromatic carbocycles. The number of nitrogens with zero attached hydrogens (tertiary/aromatic N) is 5. The molecule has 0 atom stereocenters. The number of fused-ring (bicyclic) bond motifs is 3. The molecule has 56 heavy (non-hydrogen) atoms. The molecule has 2 aromatic heterocycles. The van der Waals surface area contributed by atoms with E-state index in [4.69, 9.17) is 15.0 Å². The van der Waals surface area contributed by atoms with Crippen LogP contribution >= 0.6 is 0 Å². The minimum Gasteiger partial charge on any atom is -0.310 e. The van der Waals surface area contributed by atoms with Crippen LogP contribution in [0.25, 0.3) is 72.8 Å².